The molecule has 2 aromatic heterocycles. The Balaban J connectivity index is 1.64. The van der Waals surface area contributed by atoms with Crippen molar-refractivity contribution in [2.45, 2.75) is 0 Å². The van der Waals surface area contributed by atoms with Gasteiger partial charge in [-0.2, -0.15) is 0 Å². The third kappa shape index (κ3) is 3.24. The molecule has 0 radical (unpaired) electrons. The van der Waals surface area contributed by atoms with E-state index in [1.54, 1.807) is 30.3 Å². The van der Waals surface area contributed by atoms with Crippen molar-refractivity contribution >= 4 is 23.4 Å². The van der Waals surface area contributed by atoms with Crippen LogP contribution in [0.25, 0.3) is 11.5 Å². The third-order valence-electron chi connectivity index (χ3n) is 2.91. The fourth-order valence-electron chi connectivity index (χ4n) is 1.81. The van der Waals surface area contributed by atoms with E-state index in [0.717, 1.165) is 0 Å². The van der Waals surface area contributed by atoms with Gasteiger partial charge < -0.3 is 8.94 Å². The lowest BCUT2D eigenvalue weighted by molar-refractivity contribution is 0.0841. The van der Waals surface area contributed by atoms with Gasteiger partial charge in [-0.05, 0) is 24.3 Å². The summed E-state index contributed by atoms with van der Waals surface area (Å²) < 4.78 is 10.1. The molecule has 0 saturated heterocycles. The van der Waals surface area contributed by atoms with E-state index in [-0.39, 0.29) is 16.3 Å². The molecular weight excluding hydrogens is 322 g/mol. The number of carbonyl (C=O) groups excluding carboxylic acids is 2. The van der Waals surface area contributed by atoms with Gasteiger partial charge in [0.05, 0.1) is 16.8 Å². The van der Waals surface area contributed by atoms with Gasteiger partial charge in [-0.3, -0.25) is 20.4 Å². The normalized spacial score (nSPS) is 10.3. The molecule has 3 rings (SSSR count). The molecule has 0 fully saturated rings. The maximum absolute atomic E-state index is 11.9. The Labute approximate surface area is 135 Å². The molecule has 0 bridgehead atoms. The molecule has 0 saturated carbocycles. The van der Waals surface area contributed by atoms with Crippen molar-refractivity contribution in [3.05, 3.63) is 65.0 Å². The number of benzene rings is 1. The minimum absolute atomic E-state index is 0.00383. The monoisotopic (exact) mass is 331 g/mol. The van der Waals surface area contributed by atoms with Gasteiger partial charge in [0.25, 0.3) is 11.8 Å². The largest absolute Gasteiger partial charge is 0.461 e. The molecule has 0 aliphatic heterocycles. The van der Waals surface area contributed by atoms with Crippen LogP contribution in [0.1, 0.15) is 20.8 Å². The third-order valence-corrected chi connectivity index (χ3v) is 3.24. The summed E-state index contributed by atoms with van der Waals surface area (Å²) in [6.45, 7) is 0. The van der Waals surface area contributed by atoms with E-state index in [1.165, 1.54) is 18.4 Å². The molecule has 2 amide bonds. The molecule has 0 atom stereocenters. The molecule has 2 heterocycles. The molecular formula is C15H10ClN3O4. The average molecular weight is 332 g/mol. The smallest absolute Gasteiger partial charge is 0.291 e. The van der Waals surface area contributed by atoms with Gasteiger partial charge >= 0.3 is 0 Å². The van der Waals surface area contributed by atoms with Gasteiger partial charge in [0.2, 0.25) is 5.76 Å². The number of carbonyl (C=O) groups is 2. The predicted molar refractivity (Wildman–Crippen MR) is 80.6 cm³/mol. The minimum Gasteiger partial charge on any atom is -0.461 e. The molecule has 0 unspecified atom stereocenters. The molecule has 8 heteroatoms. The molecule has 3 aromatic rings. The van der Waals surface area contributed by atoms with Crippen LogP contribution in [0.15, 0.2) is 57.7 Å². The zero-order valence-electron chi connectivity index (χ0n) is 11.6. The van der Waals surface area contributed by atoms with Gasteiger partial charge in [0.1, 0.15) is 0 Å². The number of halogens is 1. The fourth-order valence-corrected chi connectivity index (χ4v) is 2.03. The summed E-state index contributed by atoms with van der Waals surface area (Å²) in [6.07, 6.45) is 1.47. The number of amides is 2. The number of furan rings is 1. The lowest BCUT2D eigenvalue weighted by Crippen LogP contribution is -2.41. The summed E-state index contributed by atoms with van der Waals surface area (Å²) in [5.41, 5.74) is 4.72. The first-order valence-electron chi connectivity index (χ1n) is 6.51. The van der Waals surface area contributed by atoms with Crippen LogP contribution in [0, 0.1) is 0 Å². The Bertz CT molecular complexity index is 842. The van der Waals surface area contributed by atoms with E-state index in [1.807, 2.05) is 0 Å². The van der Waals surface area contributed by atoms with Crippen molar-refractivity contribution in [3.8, 4) is 11.5 Å². The highest BCUT2D eigenvalue weighted by Crippen LogP contribution is 2.20. The lowest BCUT2D eigenvalue weighted by Gasteiger charge is -2.06. The molecule has 23 heavy (non-hydrogen) atoms. The Morgan fingerprint density at radius 3 is 2.52 bits per heavy atom. The highest BCUT2D eigenvalue weighted by atomic mass is 35.5. The summed E-state index contributed by atoms with van der Waals surface area (Å²) in [5, 5.41) is 3.89. The van der Waals surface area contributed by atoms with Crippen LogP contribution in [0.3, 0.4) is 0 Å². The van der Waals surface area contributed by atoms with Crippen molar-refractivity contribution < 1.29 is 18.5 Å². The number of hydrazine groups is 1. The van der Waals surface area contributed by atoms with Gasteiger partial charge in [-0.25, -0.2) is 0 Å². The first-order chi connectivity index (χ1) is 11.1. The van der Waals surface area contributed by atoms with E-state index in [0.29, 0.717) is 11.5 Å². The van der Waals surface area contributed by atoms with Crippen LogP contribution in [-0.2, 0) is 0 Å². The van der Waals surface area contributed by atoms with Crippen LogP contribution in [0.4, 0.5) is 0 Å². The minimum atomic E-state index is -0.632. The predicted octanol–water partition coefficient (Wildman–Crippen LogP) is 2.66. The van der Waals surface area contributed by atoms with Gasteiger partial charge in [-0.15, -0.1) is 0 Å². The number of aromatic nitrogens is 1. The van der Waals surface area contributed by atoms with Crippen molar-refractivity contribution in [2.24, 2.45) is 0 Å². The van der Waals surface area contributed by atoms with Crippen LogP contribution < -0.4 is 10.9 Å². The van der Waals surface area contributed by atoms with E-state index in [2.05, 4.69) is 16.0 Å². The molecule has 0 aliphatic carbocycles. The summed E-state index contributed by atoms with van der Waals surface area (Å²) >= 11 is 5.90. The maximum Gasteiger partial charge on any atom is 0.291 e. The van der Waals surface area contributed by atoms with E-state index in [4.69, 9.17) is 20.5 Å². The zero-order valence-corrected chi connectivity index (χ0v) is 12.3. The summed E-state index contributed by atoms with van der Waals surface area (Å²) in [7, 11) is 0. The maximum atomic E-state index is 11.9. The van der Waals surface area contributed by atoms with Crippen LogP contribution >= 0.6 is 11.6 Å². The van der Waals surface area contributed by atoms with Crippen molar-refractivity contribution in [2.75, 3.05) is 0 Å². The van der Waals surface area contributed by atoms with Crippen LogP contribution in [-0.4, -0.2) is 17.0 Å². The second kappa shape index (κ2) is 6.37. The van der Waals surface area contributed by atoms with Crippen LogP contribution in [0.5, 0.6) is 0 Å². The lowest BCUT2D eigenvalue weighted by atomic mass is 10.2. The summed E-state index contributed by atoms with van der Waals surface area (Å²) in [4.78, 5) is 23.9. The van der Waals surface area contributed by atoms with Crippen molar-refractivity contribution in [1.29, 1.82) is 0 Å². The zero-order chi connectivity index (χ0) is 16.2. The molecule has 0 spiro atoms. The van der Waals surface area contributed by atoms with E-state index >= 15 is 0 Å². The van der Waals surface area contributed by atoms with Crippen LogP contribution in [0.2, 0.25) is 5.02 Å². The highest BCUT2D eigenvalue weighted by molar-refractivity contribution is 6.33. The molecule has 2 N–H and O–H groups in total. The van der Waals surface area contributed by atoms with E-state index < -0.39 is 11.8 Å². The Hall–Kier alpha value is -3.06. The molecule has 0 aliphatic rings. The number of nitrogens with one attached hydrogen (secondary N) is 2. The van der Waals surface area contributed by atoms with Crippen molar-refractivity contribution in [1.82, 2.24) is 16.0 Å². The number of nitrogens with zero attached hydrogens (tertiary/aromatic N) is 1. The Morgan fingerprint density at radius 1 is 1.00 bits per heavy atom. The SMILES string of the molecule is O=C(NNC(=O)c1ccccc1Cl)c1cc(-c2ccco2)on1. The first kappa shape index (κ1) is 14.9. The molecule has 7 nitrogen and oxygen atoms in total. The molecule has 1 aromatic carbocycles. The second-order valence-corrected chi connectivity index (χ2v) is 4.85. The Morgan fingerprint density at radius 2 is 1.78 bits per heavy atom. The summed E-state index contributed by atoms with van der Waals surface area (Å²) in [6, 6.07) is 11.2. The number of rotatable bonds is 3. The van der Waals surface area contributed by atoms with Gasteiger partial charge in [0.15, 0.2) is 11.5 Å². The molecule has 116 valence electrons. The van der Waals surface area contributed by atoms with E-state index in [9.17, 15) is 9.59 Å². The fraction of sp³-hybridized carbons (Fsp3) is 0. The second-order valence-electron chi connectivity index (χ2n) is 4.44. The highest BCUT2D eigenvalue weighted by Gasteiger charge is 2.16. The summed E-state index contributed by atoms with van der Waals surface area (Å²) in [5.74, 6) is -0.431. The Kier molecular flexibility index (Phi) is 4.11. The topological polar surface area (TPSA) is 97.4 Å². The average Bonchev–Trinajstić information content (AvgIpc) is 3.23. The number of hydrogen-bond acceptors (Lipinski definition) is 5. The van der Waals surface area contributed by atoms with Crippen molar-refractivity contribution in [3.63, 3.8) is 0 Å². The first-order valence-corrected chi connectivity index (χ1v) is 6.89. The standard InChI is InChI=1S/C15H10ClN3O4/c16-10-5-2-1-4-9(10)14(20)17-18-15(21)11-8-13(23-19-11)12-6-3-7-22-12/h1-8H,(H,17,20)(H,18,21). The van der Waals surface area contributed by atoms with Gasteiger partial charge in [0, 0.05) is 6.07 Å². The van der Waals surface area contributed by atoms with Gasteiger partial charge in [-0.1, -0.05) is 28.9 Å². The number of hydrogen-bond donors (Lipinski definition) is 2. The quantitative estimate of drug-likeness (QED) is 0.719.